The third kappa shape index (κ3) is 2.58. The number of hydrogen-bond acceptors (Lipinski definition) is 3. The second-order valence-electron chi connectivity index (χ2n) is 4.63. The first kappa shape index (κ1) is 11.9. The van der Waals surface area contributed by atoms with Gasteiger partial charge in [0.25, 0.3) is 0 Å². The highest BCUT2D eigenvalue weighted by Gasteiger charge is 2.28. The highest BCUT2D eigenvalue weighted by atomic mass is 16.3. The molecule has 92 valence electrons. The minimum absolute atomic E-state index is 0.0297. The molecule has 0 aliphatic carbocycles. The molecule has 1 heterocycles. The number of carbonyl (C=O) groups is 1. The van der Waals surface area contributed by atoms with Crippen LogP contribution in [0.5, 0.6) is 0 Å². The summed E-state index contributed by atoms with van der Waals surface area (Å²) in [4.78, 5) is 13.7. The zero-order valence-electron chi connectivity index (χ0n) is 10.2. The Morgan fingerprint density at radius 2 is 2.29 bits per heavy atom. The van der Waals surface area contributed by atoms with Crippen molar-refractivity contribution in [3.63, 3.8) is 0 Å². The van der Waals surface area contributed by atoms with Crippen molar-refractivity contribution in [2.45, 2.75) is 25.5 Å². The Labute approximate surface area is 101 Å². The maximum Gasteiger partial charge on any atom is 0.245 e. The van der Waals surface area contributed by atoms with Crippen LogP contribution in [0.2, 0.25) is 0 Å². The third-order valence-electron chi connectivity index (χ3n) is 2.98. The van der Waals surface area contributed by atoms with Crippen molar-refractivity contribution < 1.29 is 9.90 Å². The molecule has 0 saturated carbocycles. The van der Waals surface area contributed by atoms with Crippen LogP contribution in [0.4, 0.5) is 5.69 Å². The Morgan fingerprint density at radius 1 is 1.59 bits per heavy atom. The highest BCUT2D eigenvalue weighted by Crippen LogP contribution is 2.25. The molecule has 0 bridgehead atoms. The Balaban J connectivity index is 2.01. The minimum Gasteiger partial charge on any atom is -0.392 e. The molecular weight excluding hydrogens is 216 g/mol. The van der Waals surface area contributed by atoms with Gasteiger partial charge >= 0.3 is 0 Å². The number of nitrogens with one attached hydrogen (secondary N) is 1. The van der Waals surface area contributed by atoms with Gasteiger partial charge < -0.3 is 15.3 Å². The molecule has 1 aliphatic rings. The molecule has 17 heavy (non-hydrogen) atoms. The first-order valence-electron chi connectivity index (χ1n) is 5.85. The van der Waals surface area contributed by atoms with Gasteiger partial charge in [-0.15, -0.1) is 0 Å². The Hall–Kier alpha value is -1.55. The third-order valence-corrected chi connectivity index (χ3v) is 2.98. The molecule has 1 unspecified atom stereocenters. The van der Waals surface area contributed by atoms with Crippen LogP contribution >= 0.6 is 0 Å². The summed E-state index contributed by atoms with van der Waals surface area (Å²) in [6, 6.07) is 7.75. The van der Waals surface area contributed by atoms with E-state index in [-0.39, 0.29) is 11.9 Å². The zero-order valence-corrected chi connectivity index (χ0v) is 10.2. The van der Waals surface area contributed by atoms with E-state index < -0.39 is 6.10 Å². The van der Waals surface area contributed by atoms with Gasteiger partial charge in [-0.05, 0) is 18.6 Å². The molecule has 4 nitrogen and oxygen atoms in total. The molecule has 2 rings (SSSR count). The second-order valence-corrected chi connectivity index (χ2v) is 4.63. The normalized spacial score (nSPS) is 19.4. The van der Waals surface area contributed by atoms with Crippen LogP contribution in [0.15, 0.2) is 24.3 Å². The lowest BCUT2D eigenvalue weighted by atomic mass is 10.1. The number of para-hydroxylation sites is 1. The van der Waals surface area contributed by atoms with E-state index >= 15 is 0 Å². The maximum atomic E-state index is 12.1. The molecule has 1 aliphatic heterocycles. The number of aliphatic hydroxyl groups excluding tert-OH is 1. The summed E-state index contributed by atoms with van der Waals surface area (Å²) >= 11 is 0. The molecular formula is C13H18N2O2. The van der Waals surface area contributed by atoms with Crippen molar-refractivity contribution in [2.75, 3.05) is 18.9 Å². The molecule has 2 N–H and O–H groups in total. The minimum atomic E-state index is -0.493. The van der Waals surface area contributed by atoms with E-state index in [9.17, 15) is 9.90 Å². The molecule has 0 spiro atoms. The molecule has 4 heteroatoms. The topological polar surface area (TPSA) is 52.6 Å². The SMILES string of the molecule is CC(O)CN(C)C(=O)[C@@H]1Cc2ccccc2N1. The molecule has 0 fully saturated rings. The van der Waals surface area contributed by atoms with Crippen molar-refractivity contribution in [2.24, 2.45) is 0 Å². The van der Waals surface area contributed by atoms with Crippen LogP contribution in [0, 0.1) is 0 Å². The van der Waals surface area contributed by atoms with Gasteiger partial charge in [-0.25, -0.2) is 0 Å². The van der Waals surface area contributed by atoms with Gasteiger partial charge in [-0.2, -0.15) is 0 Å². The quantitative estimate of drug-likeness (QED) is 0.815. The highest BCUT2D eigenvalue weighted by molar-refractivity contribution is 5.87. The van der Waals surface area contributed by atoms with Crippen LogP contribution < -0.4 is 5.32 Å². The van der Waals surface area contributed by atoms with E-state index in [1.807, 2.05) is 24.3 Å². The predicted molar refractivity (Wildman–Crippen MR) is 66.9 cm³/mol. The van der Waals surface area contributed by atoms with E-state index in [0.29, 0.717) is 6.54 Å². The number of amides is 1. The fourth-order valence-electron chi connectivity index (χ4n) is 2.20. The second kappa shape index (κ2) is 4.75. The number of rotatable bonds is 3. The number of anilines is 1. The summed E-state index contributed by atoms with van der Waals surface area (Å²) in [5, 5.41) is 12.5. The van der Waals surface area contributed by atoms with Crippen molar-refractivity contribution >= 4 is 11.6 Å². The summed E-state index contributed by atoms with van der Waals surface area (Å²) in [6.45, 7) is 2.05. The van der Waals surface area contributed by atoms with Gasteiger partial charge in [0.2, 0.25) is 5.91 Å². The maximum absolute atomic E-state index is 12.1. The standard InChI is InChI=1S/C13H18N2O2/c1-9(16)8-15(2)13(17)12-7-10-5-3-4-6-11(10)14-12/h3-6,9,12,14,16H,7-8H2,1-2H3/t9?,12-/m0/s1. The van der Waals surface area contributed by atoms with Gasteiger partial charge in [0.05, 0.1) is 6.10 Å². The summed E-state index contributed by atoms with van der Waals surface area (Å²) in [5.41, 5.74) is 2.22. The first-order chi connectivity index (χ1) is 8.08. The van der Waals surface area contributed by atoms with E-state index in [4.69, 9.17) is 0 Å². The van der Waals surface area contributed by atoms with Gasteiger partial charge in [0, 0.05) is 25.7 Å². The fraction of sp³-hybridized carbons (Fsp3) is 0.462. The van der Waals surface area contributed by atoms with E-state index in [1.165, 1.54) is 5.56 Å². The number of benzene rings is 1. The summed E-state index contributed by atoms with van der Waals surface area (Å²) in [7, 11) is 1.72. The van der Waals surface area contributed by atoms with Crippen LogP contribution in [0.3, 0.4) is 0 Å². The average Bonchev–Trinajstić information content (AvgIpc) is 2.70. The lowest BCUT2D eigenvalue weighted by Gasteiger charge is -2.22. The molecule has 1 amide bonds. The van der Waals surface area contributed by atoms with E-state index in [2.05, 4.69) is 5.32 Å². The van der Waals surface area contributed by atoms with Crippen LogP contribution in [-0.2, 0) is 11.2 Å². The van der Waals surface area contributed by atoms with Crippen LogP contribution in [0.25, 0.3) is 0 Å². The van der Waals surface area contributed by atoms with Crippen LogP contribution in [-0.4, -0.2) is 41.7 Å². The van der Waals surface area contributed by atoms with Gasteiger partial charge in [0.15, 0.2) is 0 Å². The molecule has 0 radical (unpaired) electrons. The summed E-state index contributed by atoms with van der Waals surface area (Å²) in [6.07, 6.45) is 0.229. The number of carbonyl (C=O) groups excluding carboxylic acids is 1. The van der Waals surface area contributed by atoms with Crippen molar-refractivity contribution in [1.29, 1.82) is 0 Å². The number of likely N-dealkylation sites (N-methyl/N-ethyl adjacent to an activating group) is 1. The van der Waals surface area contributed by atoms with E-state index in [0.717, 1.165) is 12.1 Å². The lowest BCUT2D eigenvalue weighted by molar-refractivity contribution is -0.131. The molecule has 1 aromatic rings. The first-order valence-corrected chi connectivity index (χ1v) is 5.85. The Morgan fingerprint density at radius 3 is 2.94 bits per heavy atom. The fourth-order valence-corrected chi connectivity index (χ4v) is 2.20. The van der Waals surface area contributed by atoms with Crippen molar-refractivity contribution in [3.8, 4) is 0 Å². The Kier molecular flexibility index (Phi) is 3.33. The monoisotopic (exact) mass is 234 g/mol. The predicted octanol–water partition coefficient (Wildman–Crippen LogP) is 0.862. The molecule has 0 aromatic heterocycles. The van der Waals surface area contributed by atoms with Crippen molar-refractivity contribution in [3.05, 3.63) is 29.8 Å². The number of fused-ring (bicyclic) bond motifs is 1. The molecule has 2 atom stereocenters. The number of hydrogen-bond donors (Lipinski definition) is 2. The van der Waals surface area contributed by atoms with E-state index in [1.54, 1.807) is 18.9 Å². The zero-order chi connectivity index (χ0) is 12.4. The number of nitrogens with zero attached hydrogens (tertiary/aromatic N) is 1. The summed E-state index contributed by atoms with van der Waals surface area (Å²) < 4.78 is 0. The van der Waals surface area contributed by atoms with Gasteiger partial charge in [-0.1, -0.05) is 18.2 Å². The summed E-state index contributed by atoms with van der Waals surface area (Å²) in [5.74, 6) is 0.0297. The lowest BCUT2D eigenvalue weighted by Crippen LogP contribution is -2.42. The smallest absolute Gasteiger partial charge is 0.245 e. The Bertz CT molecular complexity index is 393. The average molecular weight is 234 g/mol. The molecule has 0 saturated heterocycles. The number of aliphatic hydroxyl groups is 1. The van der Waals surface area contributed by atoms with Crippen molar-refractivity contribution in [1.82, 2.24) is 4.90 Å². The van der Waals surface area contributed by atoms with Crippen LogP contribution in [0.1, 0.15) is 12.5 Å². The van der Waals surface area contributed by atoms with Gasteiger partial charge in [0.1, 0.15) is 6.04 Å². The largest absolute Gasteiger partial charge is 0.392 e. The molecule has 1 aromatic carbocycles. The van der Waals surface area contributed by atoms with Gasteiger partial charge in [-0.3, -0.25) is 4.79 Å².